The zero-order valence-electron chi connectivity index (χ0n) is 12.0. The molecule has 3 aliphatic rings. The molecule has 114 valence electrons. The van der Waals surface area contributed by atoms with Gasteiger partial charge in [-0.15, -0.1) is 0 Å². The van der Waals surface area contributed by atoms with E-state index in [-0.39, 0.29) is 5.54 Å². The third kappa shape index (κ3) is 2.76. The SMILES string of the molecule is NC(=O)OC12CCC(NCc3ccccc3)(CC1)C[C@@H]2O. The van der Waals surface area contributed by atoms with Gasteiger partial charge in [-0.3, -0.25) is 0 Å². The highest BCUT2D eigenvalue weighted by molar-refractivity contribution is 5.65. The molecule has 1 amide bonds. The first kappa shape index (κ1) is 14.4. The first-order chi connectivity index (χ1) is 10.0. The van der Waals surface area contributed by atoms with Gasteiger partial charge in [0.2, 0.25) is 0 Å². The van der Waals surface area contributed by atoms with Crippen LogP contribution in [0.4, 0.5) is 4.79 Å². The van der Waals surface area contributed by atoms with E-state index < -0.39 is 17.8 Å². The van der Waals surface area contributed by atoms with Gasteiger partial charge < -0.3 is 20.9 Å². The van der Waals surface area contributed by atoms with Crippen LogP contribution < -0.4 is 11.1 Å². The molecule has 21 heavy (non-hydrogen) atoms. The summed E-state index contributed by atoms with van der Waals surface area (Å²) >= 11 is 0. The number of ether oxygens (including phenoxy) is 1. The summed E-state index contributed by atoms with van der Waals surface area (Å²) in [4.78, 5) is 11.1. The standard InChI is InChI=1S/C16H22N2O3/c17-14(20)21-16-8-6-15(7-9-16,10-13(16)19)18-11-12-4-2-1-3-5-12/h1-5,13,18-19H,6-11H2,(H2,17,20)/t13-,15?,16?/m0/s1. The van der Waals surface area contributed by atoms with Gasteiger partial charge in [-0.2, -0.15) is 0 Å². The summed E-state index contributed by atoms with van der Waals surface area (Å²) in [5.74, 6) is 0. The number of nitrogens with two attached hydrogens (primary N) is 1. The molecule has 0 radical (unpaired) electrons. The Hall–Kier alpha value is -1.59. The van der Waals surface area contributed by atoms with Crippen molar-refractivity contribution < 1.29 is 14.6 Å². The van der Waals surface area contributed by atoms with Crippen molar-refractivity contribution in [1.82, 2.24) is 5.32 Å². The Bertz CT molecular complexity index is 510. The van der Waals surface area contributed by atoms with E-state index in [2.05, 4.69) is 17.4 Å². The molecule has 2 bridgehead atoms. The number of amides is 1. The molecule has 3 fully saturated rings. The summed E-state index contributed by atoms with van der Waals surface area (Å²) in [6.45, 7) is 0.789. The van der Waals surface area contributed by atoms with E-state index in [1.54, 1.807) is 0 Å². The minimum Gasteiger partial charge on any atom is -0.440 e. The van der Waals surface area contributed by atoms with E-state index in [1.165, 1.54) is 5.56 Å². The number of primary amides is 1. The molecule has 3 saturated carbocycles. The lowest BCUT2D eigenvalue weighted by Gasteiger charge is -2.55. The fourth-order valence-electron chi connectivity index (χ4n) is 3.75. The number of nitrogens with one attached hydrogen (secondary N) is 1. The van der Waals surface area contributed by atoms with Crippen LogP contribution in [0.3, 0.4) is 0 Å². The van der Waals surface area contributed by atoms with Gasteiger partial charge in [0.15, 0.2) is 0 Å². The zero-order valence-corrected chi connectivity index (χ0v) is 12.0. The van der Waals surface area contributed by atoms with Gasteiger partial charge in [-0.25, -0.2) is 4.79 Å². The molecule has 5 nitrogen and oxygen atoms in total. The molecule has 1 aromatic rings. The number of aliphatic hydroxyl groups is 1. The van der Waals surface area contributed by atoms with Crippen molar-refractivity contribution >= 4 is 6.09 Å². The average molecular weight is 290 g/mol. The zero-order chi connectivity index (χ0) is 14.9. The summed E-state index contributed by atoms with van der Waals surface area (Å²) in [6, 6.07) is 10.2. The Morgan fingerprint density at radius 3 is 2.52 bits per heavy atom. The summed E-state index contributed by atoms with van der Waals surface area (Å²) in [6.07, 6.45) is 2.29. The maximum Gasteiger partial charge on any atom is 0.405 e. The molecular weight excluding hydrogens is 268 g/mol. The predicted octanol–water partition coefficient (Wildman–Crippen LogP) is 1.69. The number of carbonyl (C=O) groups is 1. The normalized spacial score (nSPS) is 34.6. The fraction of sp³-hybridized carbons (Fsp3) is 0.562. The van der Waals surface area contributed by atoms with Crippen LogP contribution in [0.1, 0.15) is 37.7 Å². The molecule has 0 heterocycles. The highest BCUT2D eigenvalue weighted by Gasteiger charge is 2.56. The van der Waals surface area contributed by atoms with Crippen molar-refractivity contribution in [3.05, 3.63) is 35.9 Å². The smallest absolute Gasteiger partial charge is 0.405 e. The molecule has 0 aromatic heterocycles. The number of fused-ring (bicyclic) bond motifs is 3. The first-order valence-corrected chi connectivity index (χ1v) is 7.49. The van der Waals surface area contributed by atoms with Gasteiger partial charge in [0.1, 0.15) is 5.60 Å². The minimum atomic E-state index is -0.791. The molecule has 4 N–H and O–H groups in total. The Kier molecular flexibility index (Phi) is 3.63. The van der Waals surface area contributed by atoms with E-state index in [9.17, 15) is 9.90 Å². The van der Waals surface area contributed by atoms with Crippen LogP contribution in [0, 0.1) is 0 Å². The molecular formula is C16H22N2O3. The monoisotopic (exact) mass is 290 g/mol. The molecule has 1 atom stereocenters. The van der Waals surface area contributed by atoms with Crippen LogP contribution in [-0.4, -0.2) is 28.4 Å². The summed E-state index contributed by atoms with van der Waals surface area (Å²) in [5, 5.41) is 14.0. The van der Waals surface area contributed by atoms with Crippen molar-refractivity contribution in [2.45, 2.75) is 55.9 Å². The van der Waals surface area contributed by atoms with E-state index >= 15 is 0 Å². The van der Waals surface area contributed by atoms with Crippen LogP contribution in [0.15, 0.2) is 30.3 Å². The second-order valence-corrected chi connectivity index (χ2v) is 6.33. The average Bonchev–Trinajstić information content (AvgIpc) is 2.48. The lowest BCUT2D eigenvalue weighted by Crippen LogP contribution is -2.65. The van der Waals surface area contributed by atoms with Gasteiger partial charge in [0.05, 0.1) is 6.10 Å². The predicted molar refractivity (Wildman–Crippen MR) is 78.5 cm³/mol. The Labute approximate surface area is 124 Å². The molecule has 0 saturated heterocycles. The largest absolute Gasteiger partial charge is 0.440 e. The van der Waals surface area contributed by atoms with E-state index in [0.29, 0.717) is 19.3 Å². The molecule has 5 heteroatoms. The lowest BCUT2D eigenvalue weighted by molar-refractivity contribution is -0.158. The fourth-order valence-corrected chi connectivity index (χ4v) is 3.75. The van der Waals surface area contributed by atoms with E-state index in [0.717, 1.165) is 19.4 Å². The molecule has 0 spiro atoms. The second kappa shape index (κ2) is 5.31. The van der Waals surface area contributed by atoms with Gasteiger partial charge in [-0.1, -0.05) is 30.3 Å². The Balaban J connectivity index is 1.65. The number of rotatable bonds is 4. The van der Waals surface area contributed by atoms with Crippen LogP contribution in [-0.2, 0) is 11.3 Å². The maximum atomic E-state index is 11.1. The maximum absolute atomic E-state index is 11.1. The highest BCUT2D eigenvalue weighted by Crippen LogP contribution is 2.49. The van der Waals surface area contributed by atoms with E-state index in [4.69, 9.17) is 10.5 Å². The minimum absolute atomic E-state index is 0.0575. The molecule has 0 unspecified atom stereocenters. The summed E-state index contributed by atoms with van der Waals surface area (Å²) in [5.41, 5.74) is 5.56. The van der Waals surface area contributed by atoms with Crippen molar-refractivity contribution in [2.75, 3.05) is 0 Å². The van der Waals surface area contributed by atoms with Crippen molar-refractivity contribution in [3.63, 3.8) is 0 Å². The molecule has 3 aliphatic carbocycles. The van der Waals surface area contributed by atoms with Crippen molar-refractivity contribution in [1.29, 1.82) is 0 Å². The Morgan fingerprint density at radius 1 is 1.29 bits per heavy atom. The van der Waals surface area contributed by atoms with Crippen LogP contribution in [0.25, 0.3) is 0 Å². The van der Waals surface area contributed by atoms with Crippen LogP contribution >= 0.6 is 0 Å². The van der Waals surface area contributed by atoms with Gasteiger partial charge in [0, 0.05) is 12.1 Å². The second-order valence-electron chi connectivity index (χ2n) is 6.33. The quantitative estimate of drug-likeness (QED) is 0.788. The molecule has 4 rings (SSSR count). The number of carbonyl (C=O) groups excluding carboxylic acids is 1. The Morgan fingerprint density at radius 2 is 1.95 bits per heavy atom. The van der Waals surface area contributed by atoms with Crippen molar-refractivity contribution in [2.24, 2.45) is 5.73 Å². The number of benzene rings is 1. The van der Waals surface area contributed by atoms with Crippen LogP contribution in [0.2, 0.25) is 0 Å². The summed E-state index contributed by atoms with van der Waals surface area (Å²) in [7, 11) is 0. The highest BCUT2D eigenvalue weighted by atomic mass is 16.6. The summed E-state index contributed by atoms with van der Waals surface area (Å²) < 4.78 is 5.25. The van der Waals surface area contributed by atoms with Crippen molar-refractivity contribution in [3.8, 4) is 0 Å². The number of hydrogen-bond donors (Lipinski definition) is 3. The van der Waals surface area contributed by atoms with Gasteiger partial charge in [-0.05, 0) is 37.7 Å². The molecule has 1 aromatic carbocycles. The third-order valence-corrected chi connectivity index (χ3v) is 5.06. The molecule has 0 aliphatic heterocycles. The van der Waals surface area contributed by atoms with Gasteiger partial charge in [0.25, 0.3) is 0 Å². The third-order valence-electron chi connectivity index (χ3n) is 5.06. The van der Waals surface area contributed by atoms with Crippen LogP contribution in [0.5, 0.6) is 0 Å². The number of aliphatic hydroxyl groups excluding tert-OH is 1. The van der Waals surface area contributed by atoms with E-state index in [1.807, 2.05) is 18.2 Å². The van der Waals surface area contributed by atoms with Gasteiger partial charge >= 0.3 is 6.09 Å². The lowest BCUT2D eigenvalue weighted by atomic mass is 9.61. The topological polar surface area (TPSA) is 84.6 Å². The first-order valence-electron chi connectivity index (χ1n) is 7.49. The number of hydrogen-bond acceptors (Lipinski definition) is 4.